The first-order valence-electron chi connectivity index (χ1n) is 3.54. The molecule has 64 valence electrons. The van der Waals surface area contributed by atoms with Crippen LogP contribution in [0.3, 0.4) is 0 Å². The van der Waals surface area contributed by atoms with Gasteiger partial charge in [0, 0.05) is 6.42 Å². The van der Waals surface area contributed by atoms with Gasteiger partial charge in [0.15, 0.2) is 4.67 Å². The van der Waals surface area contributed by atoms with Gasteiger partial charge in [-0.1, -0.05) is 0 Å². The number of nitrogens with zero attached hydrogens (tertiary/aromatic N) is 1. The van der Waals surface area contributed by atoms with Crippen molar-refractivity contribution in [1.82, 2.24) is 0 Å². The van der Waals surface area contributed by atoms with Crippen LogP contribution in [-0.4, -0.2) is 5.11 Å². The molecule has 1 unspecified atom stereocenters. The molecule has 1 aromatic rings. The van der Waals surface area contributed by atoms with Crippen molar-refractivity contribution in [3.05, 3.63) is 22.6 Å². The third-order valence-corrected chi connectivity index (χ3v) is 1.88. The maximum atomic E-state index is 9.40. The van der Waals surface area contributed by atoms with E-state index in [2.05, 4.69) is 15.9 Å². The molecule has 0 radical (unpaired) electrons. The number of aliphatic hydroxyl groups excluding tert-OH is 1. The van der Waals surface area contributed by atoms with Crippen molar-refractivity contribution in [3.8, 4) is 6.07 Å². The quantitative estimate of drug-likeness (QED) is 0.867. The lowest BCUT2D eigenvalue weighted by atomic mass is 10.2. The molecule has 0 aliphatic carbocycles. The molecule has 0 spiro atoms. The molecule has 0 amide bonds. The Morgan fingerprint density at radius 2 is 2.42 bits per heavy atom. The molecule has 3 nitrogen and oxygen atoms in total. The van der Waals surface area contributed by atoms with Gasteiger partial charge in [0.1, 0.15) is 11.9 Å². The number of aliphatic hydroxyl groups is 1. The van der Waals surface area contributed by atoms with E-state index in [4.69, 9.17) is 9.68 Å². The average Bonchev–Trinajstić information content (AvgIpc) is 2.47. The van der Waals surface area contributed by atoms with Gasteiger partial charge in [0.2, 0.25) is 0 Å². The molecule has 0 fully saturated rings. The first kappa shape index (κ1) is 9.30. The fraction of sp³-hybridized carbons (Fsp3) is 0.375. The summed E-state index contributed by atoms with van der Waals surface area (Å²) in [6.07, 6.45) is 0.0756. The smallest absolute Gasteiger partial charge is 0.169 e. The van der Waals surface area contributed by atoms with Crippen LogP contribution in [-0.2, 0) is 0 Å². The summed E-state index contributed by atoms with van der Waals surface area (Å²) in [4.78, 5) is 0. The molecule has 0 aliphatic heterocycles. The number of nitriles is 1. The maximum absolute atomic E-state index is 9.40. The second kappa shape index (κ2) is 4.29. The van der Waals surface area contributed by atoms with Crippen molar-refractivity contribution in [2.45, 2.75) is 18.9 Å². The Kier molecular flexibility index (Phi) is 3.32. The van der Waals surface area contributed by atoms with Crippen LogP contribution >= 0.6 is 15.9 Å². The molecule has 0 aromatic carbocycles. The predicted octanol–water partition coefficient (Wildman–Crippen LogP) is 2.38. The molecule has 1 aromatic heterocycles. The molecule has 4 heteroatoms. The monoisotopic (exact) mass is 229 g/mol. The van der Waals surface area contributed by atoms with Gasteiger partial charge in [0.25, 0.3) is 0 Å². The van der Waals surface area contributed by atoms with E-state index in [1.165, 1.54) is 0 Å². The summed E-state index contributed by atoms with van der Waals surface area (Å²) in [5.41, 5.74) is 0. The van der Waals surface area contributed by atoms with Crippen molar-refractivity contribution < 1.29 is 9.52 Å². The molecule has 1 rings (SSSR count). The Labute approximate surface area is 78.7 Å². The largest absolute Gasteiger partial charge is 0.452 e. The fourth-order valence-electron chi connectivity index (χ4n) is 0.851. The minimum Gasteiger partial charge on any atom is -0.452 e. The first-order chi connectivity index (χ1) is 5.74. The number of furan rings is 1. The third-order valence-electron chi connectivity index (χ3n) is 1.45. The number of rotatable bonds is 3. The Morgan fingerprint density at radius 3 is 2.92 bits per heavy atom. The SMILES string of the molecule is N#CCCC(O)c1ccc(Br)o1. The van der Waals surface area contributed by atoms with E-state index < -0.39 is 6.10 Å². The molecule has 0 saturated carbocycles. The van der Waals surface area contributed by atoms with Crippen LogP contribution in [0.4, 0.5) is 0 Å². The summed E-state index contributed by atoms with van der Waals surface area (Å²) in [6.45, 7) is 0. The highest BCUT2D eigenvalue weighted by Crippen LogP contribution is 2.23. The van der Waals surface area contributed by atoms with Gasteiger partial charge in [0.05, 0.1) is 6.07 Å². The predicted molar refractivity (Wildman–Crippen MR) is 46.2 cm³/mol. The second-order valence-electron chi connectivity index (χ2n) is 2.35. The lowest BCUT2D eigenvalue weighted by molar-refractivity contribution is 0.140. The van der Waals surface area contributed by atoms with E-state index in [1.807, 2.05) is 6.07 Å². The fourth-order valence-corrected chi connectivity index (χ4v) is 1.17. The zero-order chi connectivity index (χ0) is 8.97. The molecular formula is C8H8BrNO2. The van der Waals surface area contributed by atoms with Gasteiger partial charge >= 0.3 is 0 Å². The minimum absolute atomic E-state index is 0.333. The van der Waals surface area contributed by atoms with E-state index in [-0.39, 0.29) is 0 Å². The van der Waals surface area contributed by atoms with Gasteiger partial charge < -0.3 is 9.52 Å². The maximum Gasteiger partial charge on any atom is 0.169 e. The Hall–Kier alpha value is -0.790. The lowest BCUT2D eigenvalue weighted by Gasteiger charge is -2.02. The summed E-state index contributed by atoms with van der Waals surface area (Å²) < 4.78 is 5.69. The van der Waals surface area contributed by atoms with Crippen LogP contribution in [0.1, 0.15) is 24.7 Å². The highest BCUT2D eigenvalue weighted by molar-refractivity contribution is 9.10. The molecule has 12 heavy (non-hydrogen) atoms. The van der Waals surface area contributed by atoms with Crippen molar-refractivity contribution in [2.75, 3.05) is 0 Å². The van der Waals surface area contributed by atoms with E-state index in [0.29, 0.717) is 23.3 Å². The van der Waals surface area contributed by atoms with E-state index in [0.717, 1.165) is 0 Å². The third kappa shape index (κ3) is 2.36. The standard InChI is InChI=1S/C8H8BrNO2/c9-8-4-3-7(12-8)6(11)2-1-5-10/h3-4,6,11H,1-2H2. The first-order valence-corrected chi connectivity index (χ1v) is 4.33. The van der Waals surface area contributed by atoms with Crippen LogP contribution in [0.25, 0.3) is 0 Å². The normalized spacial score (nSPS) is 12.4. The Bertz CT molecular complexity index is 289. The number of halogens is 1. The summed E-state index contributed by atoms with van der Waals surface area (Å²) in [5.74, 6) is 0.497. The van der Waals surface area contributed by atoms with Gasteiger partial charge in [-0.2, -0.15) is 5.26 Å². The van der Waals surface area contributed by atoms with Crippen molar-refractivity contribution in [1.29, 1.82) is 5.26 Å². The van der Waals surface area contributed by atoms with Gasteiger partial charge in [-0.05, 0) is 34.5 Å². The van der Waals surface area contributed by atoms with Crippen LogP contribution in [0.2, 0.25) is 0 Å². The van der Waals surface area contributed by atoms with Crippen LogP contribution < -0.4 is 0 Å². The van der Waals surface area contributed by atoms with E-state index in [1.54, 1.807) is 12.1 Å². The van der Waals surface area contributed by atoms with Gasteiger partial charge in [-0.15, -0.1) is 0 Å². The highest BCUT2D eigenvalue weighted by Gasteiger charge is 2.10. The van der Waals surface area contributed by atoms with Crippen LogP contribution in [0.15, 0.2) is 21.2 Å². The Balaban J connectivity index is 2.54. The topological polar surface area (TPSA) is 57.2 Å². The summed E-state index contributed by atoms with van der Waals surface area (Å²) >= 11 is 3.13. The van der Waals surface area contributed by atoms with Crippen LogP contribution in [0, 0.1) is 11.3 Å². The molecule has 1 heterocycles. The molecule has 0 saturated heterocycles. The van der Waals surface area contributed by atoms with Crippen molar-refractivity contribution >= 4 is 15.9 Å². The summed E-state index contributed by atoms with van der Waals surface area (Å²) in [6, 6.07) is 5.36. The minimum atomic E-state index is -0.670. The van der Waals surface area contributed by atoms with Crippen molar-refractivity contribution in [3.63, 3.8) is 0 Å². The number of hydrogen-bond acceptors (Lipinski definition) is 3. The zero-order valence-electron chi connectivity index (χ0n) is 6.33. The lowest BCUT2D eigenvalue weighted by Crippen LogP contribution is -1.93. The molecule has 0 bridgehead atoms. The number of hydrogen-bond donors (Lipinski definition) is 1. The van der Waals surface area contributed by atoms with E-state index in [9.17, 15) is 5.11 Å². The second-order valence-corrected chi connectivity index (χ2v) is 3.14. The van der Waals surface area contributed by atoms with Gasteiger partial charge in [-0.25, -0.2) is 0 Å². The molecule has 0 aliphatic rings. The Morgan fingerprint density at radius 1 is 1.67 bits per heavy atom. The van der Waals surface area contributed by atoms with E-state index >= 15 is 0 Å². The highest BCUT2D eigenvalue weighted by atomic mass is 79.9. The zero-order valence-corrected chi connectivity index (χ0v) is 7.91. The molecule has 1 N–H and O–H groups in total. The summed E-state index contributed by atoms with van der Waals surface area (Å²) in [5, 5.41) is 17.7. The molecular weight excluding hydrogens is 222 g/mol. The molecule has 1 atom stereocenters. The average molecular weight is 230 g/mol. The van der Waals surface area contributed by atoms with Crippen LogP contribution in [0.5, 0.6) is 0 Å². The van der Waals surface area contributed by atoms with Gasteiger partial charge in [-0.3, -0.25) is 0 Å². The summed E-state index contributed by atoms with van der Waals surface area (Å²) in [7, 11) is 0. The van der Waals surface area contributed by atoms with Crippen molar-refractivity contribution in [2.24, 2.45) is 0 Å².